The van der Waals surface area contributed by atoms with Crippen LogP contribution in [-0.2, 0) is 11.2 Å². The molecule has 1 aromatic heterocycles. The topological polar surface area (TPSA) is 49.0 Å². The predicted molar refractivity (Wildman–Crippen MR) is 81.9 cm³/mol. The number of H-pyrrole nitrogens is 1. The molecule has 22 heavy (non-hydrogen) atoms. The van der Waals surface area contributed by atoms with E-state index in [2.05, 4.69) is 9.97 Å². The first kappa shape index (κ1) is 14.8. The number of hydrogen-bond donors (Lipinski definition) is 1. The molecule has 2 aromatic rings. The van der Waals surface area contributed by atoms with Crippen LogP contribution in [0.5, 0.6) is 0 Å². The van der Waals surface area contributed by atoms with E-state index in [-0.39, 0.29) is 11.7 Å². The molecular formula is C17H20FN3O. The minimum Gasteiger partial charge on any atom is -0.348 e. The van der Waals surface area contributed by atoms with E-state index < -0.39 is 0 Å². The first-order chi connectivity index (χ1) is 10.7. The summed E-state index contributed by atoms with van der Waals surface area (Å²) < 4.78 is 12.8. The van der Waals surface area contributed by atoms with Gasteiger partial charge in [0.05, 0.1) is 0 Å². The van der Waals surface area contributed by atoms with E-state index in [0.717, 1.165) is 37.3 Å². The molecule has 0 unspecified atom stereocenters. The molecule has 0 radical (unpaired) electrons. The Bertz CT molecular complexity index is 601. The van der Waals surface area contributed by atoms with E-state index in [4.69, 9.17) is 0 Å². The summed E-state index contributed by atoms with van der Waals surface area (Å²) in [5.41, 5.74) is 1.00. The lowest BCUT2D eigenvalue weighted by atomic mass is 9.95. The number of piperidine rings is 1. The van der Waals surface area contributed by atoms with Crippen molar-refractivity contribution in [3.8, 4) is 0 Å². The molecular weight excluding hydrogens is 281 g/mol. The van der Waals surface area contributed by atoms with Crippen molar-refractivity contribution in [2.75, 3.05) is 13.1 Å². The molecule has 0 spiro atoms. The number of halogens is 1. The Kier molecular flexibility index (Phi) is 4.51. The van der Waals surface area contributed by atoms with Gasteiger partial charge in [-0.15, -0.1) is 0 Å². The lowest BCUT2D eigenvalue weighted by Gasteiger charge is -2.31. The van der Waals surface area contributed by atoms with Gasteiger partial charge in [0.1, 0.15) is 11.6 Å². The number of amides is 1. The van der Waals surface area contributed by atoms with Crippen molar-refractivity contribution in [2.45, 2.75) is 31.6 Å². The number of rotatable bonds is 4. The number of nitrogens with zero attached hydrogens (tertiary/aromatic N) is 2. The Morgan fingerprint density at radius 1 is 1.27 bits per heavy atom. The highest BCUT2D eigenvalue weighted by Gasteiger charge is 2.24. The van der Waals surface area contributed by atoms with Gasteiger partial charge in [-0.05, 0) is 37.0 Å². The van der Waals surface area contributed by atoms with Gasteiger partial charge in [-0.3, -0.25) is 4.79 Å². The van der Waals surface area contributed by atoms with E-state index in [1.54, 1.807) is 18.3 Å². The van der Waals surface area contributed by atoms with Crippen LogP contribution in [0, 0.1) is 5.82 Å². The number of likely N-dealkylation sites (tertiary alicyclic amines) is 1. The van der Waals surface area contributed by atoms with Gasteiger partial charge in [-0.25, -0.2) is 9.37 Å². The van der Waals surface area contributed by atoms with Gasteiger partial charge >= 0.3 is 0 Å². The third-order valence-corrected chi connectivity index (χ3v) is 4.29. The molecule has 0 bridgehead atoms. The van der Waals surface area contributed by atoms with Crippen molar-refractivity contribution in [3.63, 3.8) is 0 Å². The molecule has 0 atom stereocenters. The summed E-state index contributed by atoms with van der Waals surface area (Å²) in [7, 11) is 0. The zero-order valence-electron chi connectivity index (χ0n) is 12.5. The van der Waals surface area contributed by atoms with Crippen LogP contribution in [0.15, 0.2) is 36.7 Å². The van der Waals surface area contributed by atoms with Crippen LogP contribution >= 0.6 is 0 Å². The maximum Gasteiger partial charge on any atom is 0.222 e. The Morgan fingerprint density at radius 3 is 2.64 bits per heavy atom. The molecule has 1 amide bonds. The number of nitrogens with one attached hydrogen (secondary N) is 1. The molecule has 2 heterocycles. The number of hydrogen-bond acceptors (Lipinski definition) is 2. The third kappa shape index (κ3) is 3.53. The first-order valence-electron chi connectivity index (χ1n) is 7.74. The van der Waals surface area contributed by atoms with Gasteiger partial charge in [-0.2, -0.15) is 0 Å². The van der Waals surface area contributed by atoms with E-state index >= 15 is 0 Å². The summed E-state index contributed by atoms with van der Waals surface area (Å²) in [6.45, 7) is 1.57. The van der Waals surface area contributed by atoms with Crippen LogP contribution in [0.25, 0.3) is 0 Å². The Hall–Kier alpha value is -2.17. The van der Waals surface area contributed by atoms with Gasteiger partial charge < -0.3 is 9.88 Å². The van der Waals surface area contributed by atoms with Crippen molar-refractivity contribution < 1.29 is 9.18 Å². The number of imidazole rings is 1. The lowest BCUT2D eigenvalue weighted by Crippen LogP contribution is -2.38. The monoisotopic (exact) mass is 301 g/mol. The minimum absolute atomic E-state index is 0.183. The fourth-order valence-electron chi connectivity index (χ4n) is 2.96. The van der Waals surface area contributed by atoms with Crippen molar-refractivity contribution in [1.29, 1.82) is 0 Å². The van der Waals surface area contributed by atoms with Crippen molar-refractivity contribution in [3.05, 3.63) is 53.9 Å². The normalized spacial score (nSPS) is 16.0. The number of aromatic amines is 1. The number of benzene rings is 1. The second-order valence-electron chi connectivity index (χ2n) is 5.76. The summed E-state index contributed by atoms with van der Waals surface area (Å²) in [6.07, 6.45) is 6.67. The Labute approximate surface area is 129 Å². The number of aromatic nitrogens is 2. The van der Waals surface area contributed by atoms with Crippen LogP contribution in [-0.4, -0.2) is 33.9 Å². The summed E-state index contributed by atoms with van der Waals surface area (Å²) >= 11 is 0. The quantitative estimate of drug-likeness (QED) is 0.944. The van der Waals surface area contributed by atoms with E-state index in [1.807, 2.05) is 11.1 Å². The molecule has 1 fully saturated rings. The van der Waals surface area contributed by atoms with Crippen LogP contribution in [0.4, 0.5) is 4.39 Å². The molecule has 116 valence electrons. The zero-order chi connectivity index (χ0) is 15.4. The van der Waals surface area contributed by atoms with E-state index in [1.165, 1.54) is 12.1 Å². The molecule has 5 heteroatoms. The molecule has 1 aromatic carbocycles. The van der Waals surface area contributed by atoms with Gasteiger partial charge in [-0.1, -0.05) is 12.1 Å². The lowest BCUT2D eigenvalue weighted by molar-refractivity contribution is -0.132. The summed E-state index contributed by atoms with van der Waals surface area (Å²) in [5.74, 6) is 1.40. The summed E-state index contributed by atoms with van der Waals surface area (Å²) in [5, 5.41) is 0. The fourth-order valence-corrected chi connectivity index (χ4v) is 2.96. The second-order valence-corrected chi connectivity index (χ2v) is 5.76. The van der Waals surface area contributed by atoms with Crippen LogP contribution in [0.2, 0.25) is 0 Å². The van der Waals surface area contributed by atoms with Gasteiger partial charge in [0.25, 0.3) is 0 Å². The van der Waals surface area contributed by atoms with Crippen molar-refractivity contribution in [2.24, 2.45) is 0 Å². The molecule has 3 rings (SSSR count). The molecule has 0 aliphatic carbocycles. The van der Waals surface area contributed by atoms with Gasteiger partial charge in [0, 0.05) is 37.8 Å². The molecule has 1 N–H and O–H groups in total. The average molecular weight is 301 g/mol. The largest absolute Gasteiger partial charge is 0.348 e. The summed E-state index contributed by atoms with van der Waals surface area (Å²) in [6, 6.07) is 6.36. The summed E-state index contributed by atoms with van der Waals surface area (Å²) in [4.78, 5) is 21.7. The van der Waals surface area contributed by atoms with E-state index in [0.29, 0.717) is 18.8 Å². The predicted octanol–water partition coefficient (Wildman–Crippen LogP) is 2.89. The van der Waals surface area contributed by atoms with Crippen LogP contribution < -0.4 is 0 Å². The highest BCUT2D eigenvalue weighted by atomic mass is 19.1. The van der Waals surface area contributed by atoms with E-state index in [9.17, 15) is 9.18 Å². The number of carbonyl (C=O) groups excluding carboxylic acids is 1. The van der Waals surface area contributed by atoms with Crippen LogP contribution in [0.1, 0.15) is 36.6 Å². The van der Waals surface area contributed by atoms with Gasteiger partial charge in [0.15, 0.2) is 0 Å². The molecule has 1 aliphatic heterocycles. The maximum absolute atomic E-state index is 12.8. The standard InChI is InChI=1S/C17H20FN3O/c18-15-4-1-13(2-5-15)3-6-16(22)21-11-7-14(8-12-21)17-19-9-10-20-17/h1-2,4-5,9-10,14H,3,6-8,11-12H2,(H,19,20). The second kappa shape index (κ2) is 6.73. The zero-order valence-corrected chi connectivity index (χ0v) is 12.5. The SMILES string of the molecule is O=C(CCc1ccc(F)cc1)N1CCC(c2ncc[nH]2)CC1. The smallest absolute Gasteiger partial charge is 0.222 e. The number of aryl methyl sites for hydroxylation is 1. The van der Waals surface area contributed by atoms with Crippen molar-refractivity contribution in [1.82, 2.24) is 14.9 Å². The highest BCUT2D eigenvalue weighted by molar-refractivity contribution is 5.76. The molecule has 0 saturated carbocycles. The minimum atomic E-state index is -0.241. The fraction of sp³-hybridized carbons (Fsp3) is 0.412. The average Bonchev–Trinajstić information content (AvgIpc) is 3.09. The third-order valence-electron chi connectivity index (χ3n) is 4.29. The Morgan fingerprint density at radius 2 is 2.00 bits per heavy atom. The maximum atomic E-state index is 12.8. The van der Waals surface area contributed by atoms with Crippen molar-refractivity contribution >= 4 is 5.91 Å². The molecule has 1 aliphatic rings. The molecule has 1 saturated heterocycles. The Balaban J connectivity index is 1.46. The highest BCUT2D eigenvalue weighted by Crippen LogP contribution is 2.25. The number of carbonyl (C=O) groups is 1. The van der Waals surface area contributed by atoms with Gasteiger partial charge in [0.2, 0.25) is 5.91 Å². The molecule has 4 nitrogen and oxygen atoms in total. The van der Waals surface area contributed by atoms with Crippen LogP contribution in [0.3, 0.4) is 0 Å². The first-order valence-corrected chi connectivity index (χ1v) is 7.74.